The van der Waals surface area contributed by atoms with E-state index in [-0.39, 0.29) is 23.3 Å². The molecule has 1 aromatic carbocycles. The molecule has 5 nitrogen and oxygen atoms in total. The summed E-state index contributed by atoms with van der Waals surface area (Å²) in [6.45, 7) is 2.81. The summed E-state index contributed by atoms with van der Waals surface area (Å²) < 4.78 is 5.34. The minimum atomic E-state index is -0.857. The average molecular weight is 350 g/mol. The van der Waals surface area contributed by atoms with Gasteiger partial charge in [-0.2, -0.15) is 0 Å². The summed E-state index contributed by atoms with van der Waals surface area (Å²) in [5, 5.41) is 1.01. The molecule has 4 heterocycles. The first-order valence-electron chi connectivity index (χ1n) is 9.21. The number of piperidine rings is 1. The van der Waals surface area contributed by atoms with E-state index in [1.807, 2.05) is 29.3 Å². The van der Waals surface area contributed by atoms with Crippen molar-refractivity contribution in [3.05, 3.63) is 47.7 Å². The van der Waals surface area contributed by atoms with E-state index in [1.54, 1.807) is 0 Å². The molecule has 3 unspecified atom stereocenters. The number of amides is 1. The van der Waals surface area contributed by atoms with E-state index >= 15 is 0 Å². The highest BCUT2D eigenvalue weighted by Crippen LogP contribution is 2.55. The molecule has 2 aromatic rings. The number of nitrogens with zero attached hydrogens (tertiary/aromatic N) is 1. The first-order valence-corrected chi connectivity index (χ1v) is 9.21. The van der Waals surface area contributed by atoms with Crippen LogP contribution in [0, 0.1) is 5.41 Å². The summed E-state index contributed by atoms with van der Waals surface area (Å²) >= 11 is 0. The number of nitrogens with one attached hydrogen (secondary N) is 1. The lowest BCUT2D eigenvalue weighted by Gasteiger charge is -2.58. The molecule has 6 rings (SSSR count). The van der Waals surface area contributed by atoms with Gasteiger partial charge in [-0.1, -0.05) is 31.2 Å². The van der Waals surface area contributed by atoms with Crippen LogP contribution in [0.4, 0.5) is 0 Å². The molecule has 1 N–H and O–H groups in total. The van der Waals surface area contributed by atoms with E-state index in [2.05, 4.69) is 24.1 Å². The second kappa shape index (κ2) is 5.00. The summed E-state index contributed by atoms with van der Waals surface area (Å²) in [6.07, 6.45) is 8.12. The Morgan fingerprint density at radius 3 is 3.04 bits per heavy atom. The van der Waals surface area contributed by atoms with Crippen molar-refractivity contribution in [2.75, 3.05) is 13.7 Å². The maximum atomic E-state index is 13.3. The van der Waals surface area contributed by atoms with E-state index in [1.165, 1.54) is 7.11 Å². The Balaban J connectivity index is 1.91. The number of esters is 1. The molecular formula is C21H22N2O3. The van der Waals surface area contributed by atoms with Crippen LogP contribution in [0.25, 0.3) is 10.9 Å². The molecule has 1 fully saturated rings. The zero-order chi connectivity index (χ0) is 18.1. The Kier molecular flexibility index (Phi) is 3.01. The lowest BCUT2D eigenvalue weighted by Crippen LogP contribution is -2.67. The maximum Gasteiger partial charge on any atom is 0.318 e. The number of hydrogen-bond donors (Lipinski definition) is 1. The number of ether oxygens (including phenoxy) is 1. The molecular weight excluding hydrogens is 328 g/mol. The molecule has 5 heteroatoms. The molecule has 4 bridgehead atoms. The number of H-pyrrole nitrogens is 1. The largest absolute Gasteiger partial charge is 0.468 e. The average Bonchev–Trinajstić information content (AvgIpc) is 3.09. The van der Waals surface area contributed by atoms with Crippen molar-refractivity contribution in [2.45, 2.75) is 37.6 Å². The molecule has 134 valence electrons. The highest BCUT2D eigenvalue weighted by Gasteiger charge is 2.62. The monoisotopic (exact) mass is 350 g/mol. The van der Waals surface area contributed by atoms with Crippen LogP contribution >= 0.6 is 0 Å². The molecule has 1 aromatic heterocycles. The lowest BCUT2D eigenvalue weighted by molar-refractivity contribution is -0.159. The number of hydrogen-bond acceptors (Lipinski definition) is 3. The molecule has 3 atom stereocenters. The van der Waals surface area contributed by atoms with Crippen LogP contribution in [-0.2, 0) is 26.2 Å². The van der Waals surface area contributed by atoms with Gasteiger partial charge in [-0.15, -0.1) is 0 Å². The Labute approximate surface area is 152 Å². The van der Waals surface area contributed by atoms with Crippen molar-refractivity contribution in [1.82, 2.24) is 9.88 Å². The van der Waals surface area contributed by atoms with Crippen molar-refractivity contribution in [3.63, 3.8) is 0 Å². The fourth-order valence-corrected chi connectivity index (χ4v) is 5.46. The highest BCUT2D eigenvalue weighted by molar-refractivity contribution is 5.99. The normalized spacial score (nSPS) is 31.8. The molecule has 0 saturated carbocycles. The van der Waals surface area contributed by atoms with Crippen molar-refractivity contribution >= 4 is 22.8 Å². The fraction of sp³-hybridized carbons (Fsp3) is 0.429. The van der Waals surface area contributed by atoms with Crippen LogP contribution in [0.3, 0.4) is 0 Å². The van der Waals surface area contributed by atoms with E-state index in [0.29, 0.717) is 19.4 Å². The number of rotatable bonds is 2. The van der Waals surface area contributed by atoms with Crippen molar-refractivity contribution in [2.24, 2.45) is 5.41 Å². The molecule has 3 aliphatic heterocycles. The van der Waals surface area contributed by atoms with Gasteiger partial charge in [-0.25, -0.2) is 0 Å². The van der Waals surface area contributed by atoms with Crippen LogP contribution in [0.2, 0.25) is 0 Å². The zero-order valence-corrected chi connectivity index (χ0v) is 15.0. The van der Waals surface area contributed by atoms with Crippen LogP contribution < -0.4 is 0 Å². The molecule has 4 aliphatic rings. The van der Waals surface area contributed by atoms with Crippen molar-refractivity contribution in [1.29, 1.82) is 0 Å². The molecule has 26 heavy (non-hydrogen) atoms. The second-order valence-corrected chi connectivity index (χ2v) is 7.90. The van der Waals surface area contributed by atoms with E-state index in [4.69, 9.17) is 4.74 Å². The minimum Gasteiger partial charge on any atom is -0.468 e. The first kappa shape index (κ1) is 15.7. The van der Waals surface area contributed by atoms with Gasteiger partial charge in [0.1, 0.15) is 5.41 Å². The van der Waals surface area contributed by atoms with E-state index in [9.17, 15) is 9.59 Å². The Morgan fingerprint density at radius 2 is 2.27 bits per heavy atom. The third-order valence-electron chi connectivity index (χ3n) is 6.77. The van der Waals surface area contributed by atoms with Gasteiger partial charge in [0, 0.05) is 29.1 Å². The molecule has 1 amide bonds. The van der Waals surface area contributed by atoms with Gasteiger partial charge >= 0.3 is 5.97 Å². The quantitative estimate of drug-likeness (QED) is 0.669. The maximum absolute atomic E-state index is 13.3. The van der Waals surface area contributed by atoms with Gasteiger partial charge in [0.25, 0.3) is 0 Å². The van der Waals surface area contributed by atoms with Gasteiger partial charge < -0.3 is 14.6 Å². The predicted octanol–water partition coefficient (Wildman–Crippen LogP) is 2.70. The van der Waals surface area contributed by atoms with Crippen LogP contribution in [-0.4, -0.2) is 41.5 Å². The SMILES string of the molecule is CCC12C=CC3N(C1)C(=O)Cc1c[nH]c4cccc(c14)C3(C(=O)OC)C2. The summed E-state index contributed by atoms with van der Waals surface area (Å²) in [5.74, 6) is -0.163. The fourth-order valence-electron chi connectivity index (χ4n) is 5.46. The highest BCUT2D eigenvalue weighted by atomic mass is 16.5. The van der Waals surface area contributed by atoms with Crippen molar-refractivity contribution in [3.8, 4) is 0 Å². The summed E-state index contributed by atoms with van der Waals surface area (Å²) in [5.41, 5.74) is 1.88. The Hall–Kier alpha value is -2.56. The van der Waals surface area contributed by atoms with Gasteiger partial charge in [0.2, 0.25) is 5.91 Å². The third kappa shape index (κ3) is 1.71. The topological polar surface area (TPSA) is 62.4 Å². The van der Waals surface area contributed by atoms with Gasteiger partial charge in [0.05, 0.1) is 19.6 Å². The standard InChI is InChI=1S/C21H22N2O3/c1-3-20-8-7-16-21(11-20,19(25)26-2)14-5-4-6-15-18(14)13(10-22-15)9-17(24)23(16)12-20/h4-8,10,16,22H,3,9,11-12H2,1-2H3. The summed E-state index contributed by atoms with van der Waals surface area (Å²) in [6, 6.07) is 5.75. The Morgan fingerprint density at radius 1 is 1.42 bits per heavy atom. The first-order chi connectivity index (χ1) is 12.5. The minimum absolute atomic E-state index is 0.0838. The van der Waals surface area contributed by atoms with E-state index < -0.39 is 5.41 Å². The van der Waals surface area contributed by atoms with Crippen LogP contribution in [0.1, 0.15) is 30.9 Å². The van der Waals surface area contributed by atoms with E-state index in [0.717, 1.165) is 28.5 Å². The third-order valence-corrected chi connectivity index (χ3v) is 6.77. The van der Waals surface area contributed by atoms with Crippen LogP contribution in [0.5, 0.6) is 0 Å². The number of aromatic amines is 1. The number of benzene rings is 1. The van der Waals surface area contributed by atoms with Gasteiger partial charge in [-0.3, -0.25) is 9.59 Å². The number of carbonyl (C=O) groups excluding carboxylic acids is 2. The predicted molar refractivity (Wildman–Crippen MR) is 97.7 cm³/mol. The number of aromatic nitrogens is 1. The molecule has 1 saturated heterocycles. The summed E-state index contributed by atoms with van der Waals surface area (Å²) in [4.78, 5) is 31.6. The van der Waals surface area contributed by atoms with Gasteiger partial charge in [0.15, 0.2) is 0 Å². The number of carbonyl (C=O) groups is 2. The smallest absolute Gasteiger partial charge is 0.318 e. The number of methoxy groups -OCH3 is 1. The van der Waals surface area contributed by atoms with Crippen molar-refractivity contribution < 1.29 is 14.3 Å². The van der Waals surface area contributed by atoms with Crippen LogP contribution in [0.15, 0.2) is 36.5 Å². The van der Waals surface area contributed by atoms with Gasteiger partial charge in [-0.05, 0) is 30.0 Å². The molecule has 0 spiro atoms. The second-order valence-electron chi connectivity index (χ2n) is 7.90. The summed E-state index contributed by atoms with van der Waals surface area (Å²) in [7, 11) is 1.45. The zero-order valence-electron chi connectivity index (χ0n) is 15.0. The molecule has 1 aliphatic carbocycles. The lowest BCUT2D eigenvalue weighted by atomic mass is 9.55. The Bertz CT molecular complexity index is 975. The molecule has 0 radical (unpaired) electrons.